The molecule has 1 aliphatic heterocycles. The third kappa shape index (κ3) is 3.48. The molecule has 6 heteroatoms. The van der Waals surface area contributed by atoms with Crippen LogP contribution < -0.4 is 0 Å². The molecule has 1 saturated heterocycles. The molecule has 3 rings (SSSR count). The van der Waals surface area contributed by atoms with Crippen LogP contribution in [0.3, 0.4) is 0 Å². The molecule has 1 heterocycles. The summed E-state index contributed by atoms with van der Waals surface area (Å²) in [5.74, 6) is 0.252. The topological polar surface area (TPSA) is 32.7 Å². The van der Waals surface area contributed by atoms with Crippen molar-refractivity contribution in [2.75, 3.05) is 12.3 Å². The van der Waals surface area contributed by atoms with Gasteiger partial charge in [-0.05, 0) is 52.7 Å². The molecule has 0 atom stereocenters. The van der Waals surface area contributed by atoms with Crippen molar-refractivity contribution in [2.45, 2.75) is 6.92 Å². The first-order valence-corrected chi connectivity index (χ1v) is 8.88. The van der Waals surface area contributed by atoms with Crippen molar-refractivity contribution >= 4 is 44.5 Å². The van der Waals surface area contributed by atoms with Crippen molar-refractivity contribution in [3.63, 3.8) is 0 Å². The maximum atomic E-state index is 13.2. The highest BCUT2D eigenvalue weighted by Crippen LogP contribution is 2.28. The second-order valence-corrected chi connectivity index (χ2v) is 7.03. The lowest BCUT2D eigenvalue weighted by atomic mass is 10.2. The second kappa shape index (κ2) is 6.84. The molecule has 2 aromatic rings. The average molecular weight is 393 g/mol. The molecular weight excluding hydrogens is 379 g/mol. The number of halogens is 2. The van der Waals surface area contributed by atoms with Crippen LogP contribution in [-0.2, 0) is 0 Å². The summed E-state index contributed by atoms with van der Waals surface area (Å²) in [6.07, 6.45) is 0. The van der Waals surface area contributed by atoms with Gasteiger partial charge in [-0.3, -0.25) is 9.69 Å². The lowest BCUT2D eigenvalue weighted by molar-refractivity contribution is 0.0858. The second-order valence-electron chi connectivity index (χ2n) is 5.11. The highest BCUT2D eigenvalue weighted by atomic mass is 79.9. The number of hydrogen-bond donors (Lipinski definition) is 0. The molecule has 3 nitrogen and oxygen atoms in total. The Hall–Kier alpha value is -1.66. The molecule has 1 fully saturated rings. The number of nitrogens with zero attached hydrogens (tertiary/aromatic N) is 2. The van der Waals surface area contributed by atoms with Gasteiger partial charge in [0.15, 0.2) is 5.17 Å². The molecular formula is C17H14BrFN2OS. The van der Waals surface area contributed by atoms with E-state index in [-0.39, 0.29) is 11.7 Å². The molecule has 0 radical (unpaired) electrons. The molecule has 1 aliphatic rings. The van der Waals surface area contributed by atoms with E-state index in [9.17, 15) is 9.18 Å². The van der Waals surface area contributed by atoms with Crippen LogP contribution in [0.25, 0.3) is 0 Å². The molecule has 118 valence electrons. The SMILES string of the molecule is Cc1ccccc1N=C1SCCN1C(=O)c1ccc(F)cc1Br. The van der Waals surface area contributed by atoms with Gasteiger partial charge < -0.3 is 0 Å². The van der Waals surface area contributed by atoms with Gasteiger partial charge in [0, 0.05) is 16.8 Å². The van der Waals surface area contributed by atoms with Crippen LogP contribution in [0.1, 0.15) is 15.9 Å². The van der Waals surface area contributed by atoms with Crippen LogP contribution in [-0.4, -0.2) is 28.3 Å². The number of aliphatic imine (C=N–C) groups is 1. The fourth-order valence-electron chi connectivity index (χ4n) is 2.28. The highest BCUT2D eigenvalue weighted by molar-refractivity contribution is 9.10. The zero-order valence-electron chi connectivity index (χ0n) is 12.4. The molecule has 0 N–H and O–H groups in total. The fraction of sp³-hybridized carbons (Fsp3) is 0.176. The molecule has 23 heavy (non-hydrogen) atoms. The van der Waals surface area contributed by atoms with Crippen LogP contribution in [0.5, 0.6) is 0 Å². The van der Waals surface area contributed by atoms with Crippen LogP contribution in [0.2, 0.25) is 0 Å². The van der Waals surface area contributed by atoms with E-state index in [0.717, 1.165) is 17.0 Å². The van der Waals surface area contributed by atoms with Gasteiger partial charge in [-0.2, -0.15) is 0 Å². The number of amidine groups is 1. The normalized spacial score (nSPS) is 16.1. The number of amides is 1. The Morgan fingerprint density at radius 2 is 2.09 bits per heavy atom. The standard InChI is InChI=1S/C17H14BrFN2OS/c1-11-4-2-3-5-15(11)20-17-21(8-9-23-17)16(22)13-7-6-12(19)10-14(13)18/h2-7,10H,8-9H2,1H3. The first-order chi connectivity index (χ1) is 11.1. The van der Waals surface area contributed by atoms with E-state index in [1.165, 1.54) is 18.2 Å². The van der Waals surface area contributed by atoms with Crippen LogP contribution in [0.15, 0.2) is 51.9 Å². The molecule has 1 amide bonds. The van der Waals surface area contributed by atoms with Crippen molar-refractivity contribution in [3.05, 3.63) is 63.9 Å². The average Bonchev–Trinajstić information content (AvgIpc) is 2.97. The van der Waals surface area contributed by atoms with Gasteiger partial charge in [0.2, 0.25) is 0 Å². The van der Waals surface area contributed by atoms with E-state index in [1.54, 1.807) is 16.7 Å². The highest BCUT2D eigenvalue weighted by Gasteiger charge is 2.28. The quantitative estimate of drug-likeness (QED) is 0.736. The maximum absolute atomic E-state index is 13.2. The van der Waals surface area contributed by atoms with E-state index in [4.69, 9.17) is 0 Å². The molecule has 2 aromatic carbocycles. The summed E-state index contributed by atoms with van der Waals surface area (Å²) in [4.78, 5) is 19.0. The van der Waals surface area contributed by atoms with Crippen LogP contribution in [0, 0.1) is 12.7 Å². The number of hydrogen-bond acceptors (Lipinski definition) is 3. The van der Waals surface area contributed by atoms with Gasteiger partial charge in [-0.15, -0.1) is 0 Å². The molecule has 0 unspecified atom stereocenters. The molecule has 0 saturated carbocycles. The van der Waals surface area contributed by atoms with Gasteiger partial charge in [-0.1, -0.05) is 30.0 Å². The zero-order chi connectivity index (χ0) is 16.4. The lowest BCUT2D eigenvalue weighted by Crippen LogP contribution is -2.32. The van der Waals surface area contributed by atoms with E-state index < -0.39 is 0 Å². The number of thioether (sulfide) groups is 1. The number of benzene rings is 2. The Morgan fingerprint density at radius 3 is 2.83 bits per heavy atom. The summed E-state index contributed by atoms with van der Waals surface area (Å²) >= 11 is 4.81. The van der Waals surface area contributed by atoms with Gasteiger partial charge in [0.25, 0.3) is 5.91 Å². The number of rotatable bonds is 2. The third-order valence-corrected chi connectivity index (χ3v) is 5.13. The van der Waals surface area contributed by atoms with E-state index >= 15 is 0 Å². The first kappa shape index (κ1) is 16.2. The molecule has 0 aliphatic carbocycles. The number of carbonyl (C=O) groups is 1. The minimum Gasteiger partial charge on any atom is -0.286 e. The van der Waals surface area contributed by atoms with Gasteiger partial charge in [-0.25, -0.2) is 9.38 Å². The lowest BCUT2D eigenvalue weighted by Gasteiger charge is -2.17. The summed E-state index contributed by atoms with van der Waals surface area (Å²) in [7, 11) is 0. The van der Waals surface area contributed by atoms with Crippen molar-refractivity contribution in [1.82, 2.24) is 4.90 Å². The van der Waals surface area contributed by atoms with Crippen LogP contribution in [0.4, 0.5) is 10.1 Å². The molecule has 0 aromatic heterocycles. The largest absolute Gasteiger partial charge is 0.286 e. The van der Waals surface area contributed by atoms with Gasteiger partial charge >= 0.3 is 0 Å². The van der Waals surface area contributed by atoms with E-state index in [1.807, 2.05) is 31.2 Å². The first-order valence-electron chi connectivity index (χ1n) is 7.10. The maximum Gasteiger partial charge on any atom is 0.261 e. The van der Waals surface area contributed by atoms with Crippen LogP contribution >= 0.6 is 27.7 Å². The van der Waals surface area contributed by atoms with Gasteiger partial charge in [0.1, 0.15) is 5.82 Å². The number of carbonyl (C=O) groups excluding carboxylic acids is 1. The molecule has 0 bridgehead atoms. The number of para-hydroxylation sites is 1. The number of aryl methyl sites for hydroxylation is 1. The fourth-order valence-corrected chi connectivity index (χ4v) is 3.75. The van der Waals surface area contributed by atoms with Crippen molar-refractivity contribution < 1.29 is 9.18 Å². The Morgan fingerprint density at radius 1 is 1.30 bits per heavy atom. The Bertz CT molecular complexity index is 794. The Labute approximate surface area is 146 Å². The zero-order valence-corrected chi connectivity index (χ0v) is 14.8. The predicted octanol–water partition coefficient (Wildman–Crippen LogP) is 4.77. The summed E-state index contributed by atoms with van der Waals surface area (Å²) in [5.41, 5.74) is 2.35. The van der Waals surface area contributed by atoms with E-state index in [2.05, 4.69) is 20.9 Å². The Kier molecular flexibility index (Phi) is 4.82. The van der Waals surface area contributed by atoms with Crippen molar-refractivity contribution in [3.8, 4) is 0 Å². The molecule has 0 spiro atoms. The van der Waals surface area contributed by atoms with E-state index in [0.29, 0.717) is 21.7 Å². The third-order valence-electron chi connectivity index (χ3n) is 3.52. The van der Waals surface area contributed by atoms with Gasteiger partial charge in [0.05, 0.1) is 11.3 Å². The summed E-state index contributed by atoms with van der Waals surface area (Å²) < 4.78 is 13.7. The summed E-state index contributed by atoms with van der Waals surface area (Å²) in [5, 5.41) is 0.681. The predicted molar refractivity (Wildman–Crippen MR) is 95.9 cm³/mol. The minimum absolute atomic E-state index is 0.172. The summed E-state index contributed by atoms with van der Waals surface area (Å²) in [6, 6.07) is 11.9. The smallest absolute Gasteiger partial charge is 0.261 e. The van der Waals surface area contributed by atoms with Crippen molar-refractivity contribution in [1.29, 1.82) is 0 Å². The van der Waals surface area contributed by atoms with Crippen molar-refractivity contribution in [2.24, 2.45) is 4.99 Å². The Balaban J connectivity index is 1.92. The monoisotopic (exact) mass is 392 g/mol. The minimum atomic E-state index is -0.377. The summed E-state index contributed by atoms with van der Waals surface area (Å²) in [6.45, 7) is 2.58.